The van der Waals surface area contributed by atoms with Gasteiger partial charge in [0.1, 0.15) is 11.8 Å². The van der Waals surface area contributed by atoms with Crippen LogP contribution in [0.5, 0.6) is 0 Å². The molecule has 4 nitrogen and oxygen atoms in total. The number of piperidine rings is 1. The zero-order valence-corrected chi connectivity index (χ0v) is 11.6. The molecule has 1 fully saturated rings. The molecule has 0 aliphatic carbocycles. The Balaban J connectivity index is 1.77. The summed E-state index contributed by atoms with van der Waals surface area (Å²) in [6.07, 6.45) is 2.98. The molecule has 1 aromatic carbocycles. The first kappa shape index (κ1) is 13.2. The number of fused-ring (bicyclic) bond motifs is 1. The van der Waals surface area contributed by atoms with E-state index in [2.05, 4.69) is 0 Å². The van der Waals surface area contributed by atoms with Crippen molar-refractivity contribution in [2.24, 2.45) is 5.92 Å². The van der Waals surface area contributed by atoms with E-state index in [-0.39, 0.29) is 12.0 Å². The fourth-order valence-electron chi connectivity index (χ4n) is 2.90. The van der Waals surface area contributed by atoms with Crippen molar-refractivity contribution in [3.05, 3.63) is 36.1 Å². The van der Waals surface area contributed by atoms with Crippen LogP contribution < -0.4 is 0 Å². The molecule has 1 aliphatic rings. The highest BCUT2D eigenvalue weighted by molar-refractivity contribution is 6.05. The summed E-state index contributed by atoms with van der Waals surface area (Å²) in [4.78, 5) is 14.4. The van der Waals surface area contributed by atoms with E-state index in [0.717, 1.165) is 23.8 Å². The number of aliphatic hydroxyl groups excluding tert-OH is 1. The fourth-order valence-corrected chi connectivity index (χ4v) is 2.90. The third-order valence-corrected chi connectivity index (χ3v) is 4.22. The maximum absolute atomic E-state index is 12.6. The highest BCUT2D eigenvalue weighted by Gasteiger charge is 2.27. The van der Waals surface area contributed by atoms with Gasteiger partial charge in [0, 0.05) is 18.5 Å². The highest BCUT2D eigenvalue weighted by atomic mass is 16.3. The average Bonchev–Trinajstić information content (AvgIpc) is 2.90. The zero-order chi connectivity index (χ0) is 14.1. The Morgan fingerprint density at radius 3 is 2.75 bits per heavy atom. The van der Waals surface area contributed by atoms with Crippen molar-refractivity contribution >= 4 is 16.9 Å². The maximum Gasteiger partial charge on any atom is 0.257 e. The van der Waals surface area contributed by atoms with Gasteiger partial charge < -0.3 is 14.4 Å². The van der Waals surface area contributed by atoms with Crippen LogP contribution in [0.2, 0.25) is 0 Å². The van der Waals surface area contributed by atoms with Crippen molar-refractivity contribution in [1.29, 1.82) is 0 Å². The van der Waals surface area contributed by atoms with Gasteiger partial charge >= 0.3 is 0 Å². The predicted octanol–water partition coefficient (Wildman–Crippen LogP) is 2.67. The summed E-state index contributed by atoms with van der Waals surface area (Å²) in [6, 6.07) is 7.59. The van der Waals surface area contributed by atoms with Gasteiger partial charge in [-0.3, -0.25) is 4.79 Å². The van der Waals surface area contributed by atoms with Crippen molar-refractivity contribution in [2.75, 3.05) is 13.1 Å². The van der Waals surface area contributed by atoms with E-state index >= 15 is 0 Å². The number of para-hydroxylation sites is 1. The lowest BCUT2D eigenvalue weighted by Crippen LogP contribution is -2.40. The Hall–Kier alpha value is -1.81. The Bertz CT molecular complexity index is 609. The summed E-state index contributed by atoms with van der Waals surface area (Å²) >= 11 is 0. The number of furan rings is 1. The quantitative estimate of drug-likeness (QED) is 0.915. The number of rotatable bonds is 2. The van der Waals surface area contributed by atoms with Crippen molar-refractivity contribution in [3.63, 3.8) is 0 Å². The van der Waals surface area contributed by atoms with E-state index in [4.69, 9.17) is 4.42 Å². The molecule has 1 saturated heterocycles. The Morgan fingerprint density at radius 2 is 2.05 bits per heavy atom. The second kappa shape index (κ2) is 5.29. The van der Waals surface area contributed by atoms with E-state index in [0.29, 0.717) is 24.6 Å². The van der Waals surface area contributed by atoms with Gasteiger partial charge in [-0.25, -0.2) is 0 Å². The standard InChI is InChI=1S/C16H19NO3/c1-11(18)12-6-8-17(9-7-12)16(19)14-10-20-15-5-3-2-4-13(14)15/h2-5,10-12,18H,6-9H2,1H3. The normalized spacial score (nSPS) is 18.4. The van der Waals surface area contributed by atoms with Crippen LogP contribution in [0.4, 0.5) is 0 Å². The van der Waals surface area contributed by atoms with Crippen molar-refractivity contribution in [3.8, 4) is 0 Å². The number of benzene rings is 1. The Kier molecular flexibility index (Phi) is 3.49. The number of hydrogen-bond donors (Lipinski definition) is 1. The van der Waals surface area contributed by atoms with Crippen molar-refractivity contribution < 1.29 is 14.3 Å². The van der Waals surface area contributed by atoms with E-state index in [9.17, 15) is 9.90 Å². The summed E-state index contributed by atoms with van der Waals surface area (Å²) in [5, 5.41) is 10.5. The molecule has 1 aromatic heterocycles. The summed E-state index contributed by atoms with van der Waals surface area (Å²) in [7, 11) is 0. The molecule has 1 N–H and O–H groups in total. The summed E-state index contributed by atoms with van der Waals surface area (Å²) in [5.74, 6) is 0.333. The molecule has 1 atom stereocenters. The van der Waals surface area contributed by atoms with Crippen LogP contribution in [0.3, 0.4) is 0 Å². The number of nitrogens with zero attached hydrogens (tertiary/aromatic N) is 1. The van der Waals surface area contributed by atoms with E-state index in [1.165, 1.54) is 0 Å². The van der Waals surface area contributed by atoms with Gasteiger partial charge in [-0.2, -0.15) is 0 Å². The first-order chi connectivity index (χ1) is 9.66. The molecule has 2 heterocycles. The van der Waals surface area contributed by atoms with Crippen molar-refractivity contribution in [1.82, 2.24) is 4.90 Å². The molecule has 20 heavy (non-hydrogen) atoms. The minimum Gasteiger partial charge on any atom is -0.463 e. The second-order valence-corrected chi connectivity index (χ2v) is 5.52. The molecular weight excluding hydrogens is 254 g/mol. The van der Waals surface area contributed by atoms with Gasteiger partial charge in [0.25, 0.3) is 5.91 Å². The van der Waals surface area contributed by atoms with Crippen LogP contribution >= 0.6 is 0 Å². The number of carbonyl (C=O) groups is 1. The summed E-state index contributed by atoms with van der Waals surface area (Å²) in [5.41, 5.74) is 1.38. The topological polar surface area (TPSA) is 53.7 Å². The van der Waals surface area contributed by atoms with E-state index in [1.807, 2.05) is 36.1 Å². The van der Waals surface area contributed by atoms with E-state index < -0.39 is 0 Å². The molecule has 1 unspecified atom stereocenters. The van der Waals surface area contributed by atoms with Crippen LogP contribution in [0.1, 0.15) is 30.1 Å². The van der Waals surface area contributed by atoms with Gasteiger partial charge in [0.05, 0.1) is 11.7 Å². The van der Waals surface area contributed by atoms with Crippen molar-refractivity contribution in [2.45, 2.75) is 25.9 Å². The highest BCUT2D eigenvalue weighted by Crippen LogP contribution is 2.25. The molecule has 3 rings (SSSR count). The lowest BCUT2D eigenvalue weighted by Gasteiger charge is -2.33. The lowest BCUT2D eigenvalue weighted by atomic mass is 9.92. The van der Waals surface area contributed by atoms with Crippen LogP contribution in [0, 0.1) is 5.92 Å². The molecule has 4 heteroatoms. The molecule has 0 radical (unpaired) electrons. The van der Waals surface area contributed by atoms with E-state index in [1.54, 1.807) is 6.26 Å². The maximum atomic E-state index is 12.6. The third kappa shape index (κ3) is 2.31. The molecule has 2 aromatic rings. The molecule has 1 aliphatic heterocycles. The van der Waals surface area contributed by atoms with Gasteiger partial charge in [-0.05, 0) is 31.7 Å². The Labute approximate surface area is 118 Å². The molecule has 0 spiro atoms. The predicted molar refractivity (Wildman–Crippen MR) is 76.5 cm³/mol. The third-order valence-electron chi connectivity index (χ3n) is 4.22. The SMILES string of the molecule is CC(O)C1CCN(C(=O)c2coc3ccccc23)CC1. The second-order valence-electron chi connectivity index (χ2n) is 5.52. The van der Waals surface area contributed by atoms with Crippen LogP contribution in [0.15, 0.2) is 34.9 Å². The minimum atomic E-state index is -0.290. The number of carbonyl (C=O) groups excluding carboxylic acids is 1. The molecular formula is C16H19NO3. The Morgan fingerprint density at radius 1 is 1.35 bits per heavy atom. The van der Waals surface area contributed by atoms with Gasteiger partial charge in [-0.1, -0.05) is 18.2 Å². The monoisotopic (exact) mass is 273 g/mol. The summed E-state index contributed by atoms with van der Waals surface area (Å²) in [6.45, 7) is 3.23. The number of likely N-dealkylation sites (tertiary alicyclic amines) is 1. The van der Waals surface area contributed by atoms with Gasteiger partial charge in [-0.15, -0.1) is 0 Å². The van der Waals surface area contributed by atoms with Gasteiger partial charge in [0.15, 0.2) is 0 Å². The van der Waals surface area contributed by atoms with Crippen LogP contribution in [-0.4, -0.2) is 35.1 Å². The molecule has 106 valence electrons. The zero-order valence-electron chi connectivity index (χ0n) is 11.6. The average molecular weight is 273 g/mol. The fraction of sp³-hybridized carbons (Fsp3) is 0.438. The first-order valence-corrected chi connectivity index (χ1v) is 7.10. The smallest absolute Gasteiger partial charge is 0.257 e. The van der Waals surface area contributed by atoms with Gasteiger partial charge in [0.2, 0.25) is 0 Å². The summed E-state index contributed by atoms with van der Waals surface area (Å²) < 4.78 is 5.43. The number of amides is 1. The molecule has 1 amide bonds. The number of hydrogen-bond acceptors (Lipinski definition) is 3. The molecule has 0 bridgehead atoms. The van der Waals surface area contributed by atoms with Crippen LogP contribution in [0.25, 0.3) is 11.0 Å². The minimum absolute atomic E-state index is 0.0268. The number of aliphatic hydroxyl groups is 1. The van der Waals surface area contributed by atoms with Crippen LogP contribution in [-0.2, 0) is 0 Å². The largest absolute Gasteiger partial charge is 0.463 e. The molecule has 0 saturated carbocycles. The lowest BCUT2D eigenvalue weighted by molar-refractivity contribution is 0.0522. The first-order valence-electron chi connectivity index (χ1n) is 7.10.